The van der Waals surface area contributed by atoms with E-state index in [1.54, 1.807) is 0 Å². The monoisotopic (exact) mass is 218 g/mol. The van der Waals surface area contributed by atoms with Crippen LogP contribution in [0.1, 0.15) is 6.92 Å². The van der Waals surface area contributed by atoms with Crippen molar-refractivity contribution in [2.75, 3.05) is 0 Å². The van der Waals surface area contributed by atoms with Gasteiger partial charge in [-0.2, -0.15) is 0 Å². The van der Waals surface area contributed by atoms with Gasteiger partial charge < -0.3 is 9.47 Å². The van der Waals surface area contributed by atoms with Gasteiger partial charge in [0.15, 0.2) is 17.1 Å². The zero-order valence-electron chi connectivity index (χ0n) is 7.37. The Kier molecular flexibility index (Phi) is 3.71. The van der Waals surface area contributed by atoms with Gasteiger partial charge in [0, 0.05) is 0 Å². The number of carbonyl (C=O) groups is 1. The molecule has 0 aliphatic carbocycles. The highest BCUT2D eigenvalue weighted by Crippen LogP contribution is 2.16. The van der Waals surface area contributed by atoms with Gasteiger partial charge in [-0.05, 0) is 19.1 Å². The molecule has 0 unspecified atom stereocenters. The van der Waals surface area contributed by atoms with Gasteiger partial charge in [0.25, 0.3) is 0 Å². The molecular formula is C9H8ClFO3. The molecule has 1 aromatic carbocycles. The first kappa shape index (κ1) is 10.8. The molecule has 0 radical (unpaired) electrons. The molecule has 3 nitrogen and oxygen atoms in total. The van der Waals surface area contributed by atoms with Crippen molar-refractivity contribution in [1.82, 2.24) is 0 Å². The van der Waals surface area contributed by atoms with Gasteiger partial charge in [-0.1, -0.05) is 23.7 Å². The van der Waals surface area contributed by atoms with Crippen LogP contribution in [0.5, 0.6) is 5.75 Å². The number of alkyl halides is 1. The van der Waals surface area contributed by atoms with Crippen LogP contribution in [-0.4, -0.2) is 11.7 Å². The summed E-state index contributed by atoms with van der Waals surface area (Å²) in [5, 5.41) is 0. The number of hydrogen-bond acceptors (Lipinski definition) is 3. The van der Waals surface area contributed by atoms with Crippen molar-refractivity contribution >= 4 is 17.8 Å². The zero-order chi connectivity index (χ0) is 10.6. The summed E-state index contributed by atoms with van der Waals surface area (Å²) in [5.74, 6) is -0.818. The fourth-order valence-electron chi connectivity index (χ4n) is 0.774. The number of rotatable bonds is 2. The van der Waals surface area contributed by atoms with E-state index in [9.17, 15) is 9.18 Å². The molecule has 5 heteroatoms. The van der Waals surface area contributed by atoms with Gasteiger partial charge >= 0.3 is 6.16 Å². The van der Waals surface area contributed by atoms with Gasteiger partial charge in [-0.15, -0.1) is 0 Å². The fraction of sp³-hybridized carbons (Fsp3) is 0.222. The van der Waals surface area contributed by atoms with Crippen LogP contribution in [0.25, 0.3) is 0 Å². The number of hydrogen-bond donors (Lipinski definition) is 0. The predicted molar refractivity (Wildman–Crippen MR) is 48.8 cm³/mol. The van der Waals surface area contributed by atoms with Gasteiger partial charge in [0.1, 0.15) is 0 Å². The fourth-order valence-corrected chi connectivity index (χ4v) is 0.847. The summed E-state index contributed by atoms with van der Waals surface area (Å²) in [6, 6.07) is 5.51. The lowest BCUT2D eigenvalue weighted by Crippen LogP contribution is -2.14. The van der Waals surface area contributed by atoms with Crippen LogP contribution in [0.3, 0.4) is 0 Å². The van der Waals surface area contributed by atoms with Crippen molar-refractivity contribution < 1.29 is 18.7 Å². The van der Waals surface area contributed by atoms with E-state index in [0.29, 0.717) is 0 Å². The summed E-state index contributed by atoms with van der Waals surface area (Å²) < 4.78 is 21.9. The quantitative estimate of drug-likeness (QED) is 0.435. The molecule has 1 rings (SSSR count). The normalized spacial score (nSPS) is 11.9. The second-order valence-corrected chi connectivity index (χ2v) is 3.06. The Labute approximate surface area is 85.4 Å². The Balaban J connectivity index is 2.61. The Hall–Kier alpha value is -1.29. The summed E-state index contributed by atoms with van der Waals surface area (Å²) in [6.07, 6.45) is -1.03. The average Bonchev–Trinajstić information content (AvgIpc) is 2.07. The van der Waals surface area contributed by atoms with Crippen molar-refractivity contribution in [2.45, 2.75) is 12.5 Å². The Morgan fingerprint density at radius 3 is 2.71 bits per heavy atom. The van der Waals surface area contributed by atoms with E-state index in [0.717, 1.165) is 0 Å². The molecule has 0 N–H and O–H groups in total. The molecular weight excluding hydrogens is 211 g/mol. The molecule has 0 aliphatic rings. The Bertz CT molecular complexity index is 328. The van der Waals surface area contributed by atoms with Crippen LogP contribution in [0.2, 0.25) is 0 Å². The number of carbonyl (C=O) groups excluding carboxylic acids is 1. The maximum atomic E-state index is 12.9. The van der Waals surface area contributed by atoms with Gasteiger partial charge in [-0.25, -0.2) is 9.18 Å². The van der Waals surface area contributed by atoms with Crippen LogP contribution in [0, 0.1) is 5.82 Å². The lowest BCUT2D eigenvalue weighted by molar-refractivity contribution is 0.0909. The largest absolute Gasteiger partial charge is 0.515 e. The van der Waals surface area contributed by atoms with Crippen LogP contribution in [0.15, 0.2) is 24.3 Å². The zero-order valence-corrected chi connectivity index (χ0v) is 8.12. The standard InChI is InChI=1S/C9H8ClFO3/c1-6(10)13-9(12)14-8-5-3-2-4-7(8)11/h2-6H,1H3/t6-/m0/s1. The summed E-state index contributed by atoms with van der Waals surface area (Å²) in [7, 11) is 0. The third-order valence-corrected chi connectivity index (χ3v) is 1.38. The maximum absolute atomic E-state index is 12.9. The number of ether oxygens (including phenoxy) is 2. The highest BCUT2D eigenvalue weighted by atomic mass is 35.5. The van der Waals surface area contributed by atoms with Gasteiger partial charge in [0.2, 0.25) is 0 Å². The van der Waals surface area contributed by atoms with E-state index in [1.165, 1.54) is 31.2 Å². The number of benzene rings is 1. The Morgan fingerprint density at radius 1 is 1.50 bits per heavy atom. The van der Waals surface area contributed by atoms with E-state index < -0.39 is 17.5 Å². The van der Waals surface area contributed by atoms with E-state index in [4.69, 9.17) is 11.6 Å². The molecule has 0 saturated heterocycles. The minimum atomic E-state index is -1.03. The third kappa shape index (κ3) is 3.22. The number of para-hydroxylation sites is 1. The summed E-state index contributed by atoms with van der Waals surface area (Å²) in [4.78, 5) is 10.9. The summed E-state index contributed by atoms with van der Waals surface area (Å²) in [5.41, 5.74) is -0.811. The molecule has 0 aliphatic heterocycles. The van der Waals surface area contributed by atoms with Gasteiger partial charge in [-0.3, -0.25) is 0 Å². The molecule has 0 aromatic heterocycles. The molecule has 14 heavy (non-hydrogen) atoms. The first-order chi connectivity index (χ1) is 6.59. The second-order valence-electron chi connectivity index (χ2n) is 2.44. The lowest BCUT2D eigenvalue weighted by Gasteiger charge is -2.06. The van der Waals surface area contributed by atoms with Crippen LogP contribution < -0.4 is 4.74 Å². The summed E-state index contributed by atoms with van der Waals surface area (Å²) >= 11 is 5.36. The average molecular weight is 219 g/mol. The first-order valence-corrected chi connectivity index (χ1v) is 4.30. The van der Waals surface area contributed by atoms with E-state index in [2.05, 4.69) is 9.47 Å². The van der Waals surface area contributed by atoms with E-state index in [-0.39, 0.29) is 5.75 Å². The Morgan fingerprint density at radius 2 is 2.14 bits per heavy atom. The van der Waals surface area contributed by atoms with Crippen molar-refractivity contribution in [3.8, 4) is 5.75 Å². The first-order valence-electron chi connectivity index (χ1n) is 3.86. The minimum Gasteiger partial charge on any atom is -0.415 e. The number of halogens is 2. The highest BCUT2D eigenvalue weighted by Gasteiger charge is 2.11. The van der Waals surface area contributed by atoms with Crippen LogP contribution in [-0.2, 0) is 4.74 Å². The lowest BCUT2D eigenvalue weighted by atomic mass is 10.3. The van der Waals surface area contributed by atoms with Crippen molar-refractivity contribution in [1.29, 1.82) is 0 Å². The van der Waals surface area contributed by atoms with Crippen molar-refractivity contribution in [3.63, 3.8) is 0 Å². The molecule has 1 atom stereocenters. The smallest absolute Gasteiger partial charge is 0.415 e. The molecule has 0 bridgehead atoms. The third-order valence-electron chi connectivity index (χ3n) is 1.29. The minimum absolute atomic E-state index is 0.185. The maximum Gasteiger partial charge on any atom is 0.515 e. The van der Waals surface area contributed by atoms with E-state index >= 15 is 0 Å². The molecule has 1 aromatic rings. The summed E-state index contributed by atoms with van der Waals surface area (Å²) in [6.45, 7) is 1.45. The molecule has 0 fully saturated rings. The van der Waals surface area contributed by atoms with Crippen LogP contribution in [0.4, 0.5) is 9.18 Å². The highest BCUT2D eigenvalue weighted by molar-refractivity contribution is 6.19. The predicted octanol–water partition coefficient (Wildman–Crippen LogP) is 2.93. The van der Waals surface area contributed by atoms with Crippen molar-refractivity contribution in [3.05, 3.63) is 30.1 Å². The van der Waals surface area contributed by atoms with Gasteiger partial charge in [0.05, 0.1) is 0 Å². The molecule has 0 amide bonds. The second kappa shape index (κ2) is 4.81. The molecule has 0 saturated carbocycles. The molecule has 0 spiro atoms. The molecule has 0 heterocycles. The SMILES string of the molecule is C[C@@H](Cl)OC(=O)Oc1ccccc1F. The molecule has 76 valence electrons. The topological polar surface area (TPSA) is 35.5 Å². The van der Waals surface area contributed by atoms with Crippen LogP contribution >= 0.6 is 11.6 Å². The van der Waals surface area contributed by atoms with Crippen molar-refractivity contribution in [2.24, 2.45) is 0 Å². The van der Waals surface area contributed by atoms with E-state index in [1.807, 2.05) is 0 Å².